The first kappa shape index (κ1) is 11.5. The second kappa shape index (κ2) is 5.98. The molecule has 0 radical (unpaired) electrons. The van der Waals surface area contributed by atoms with E-state index in [2.05, 4.69) is 11.8 Å². The molecule has 0 spiro atoms. The molecule has 1 aliphatic rings. The minimum Gasteiger partial charge on any atom is -0.374 e. The Morgan fingerprint density at radius 1 is 1.64 bits per heavy atom. The number of morpholine rings is 1. The van der Waals surface area contributed by atoms with Crippen molar-refractivity contribution < 1.29 is 9.53 Å². The molecule has 0 N–H and O–H groups in total. The molecule has 1 atom stereocenters. The molecule has 0 aliphatic carbocycles. The molecule has 0 aromatic carbocycles. The molecule has 1 aliphatic heterocycles. The largest absolute Gasteiger partial charge is 0.374 e. The van der Waals surface area contributed by atoms with E-state index in [9.17, 15) is 4.79 Å². The van der Waals surface area contributed by atoms with E-state index in [-0.39, 0.29) is 6.10 Å². The van der Waals surface area contributed by atoms with Crippen molar-refractivity contribution in [3.63, 3.8) is 0 Å². The van der Waals surface area contributed by atoms with Crippen molar-refractivity contribution in [2.24, 2.45) is 0 Å². The lowest BCUT2D eigenvalue weighted by Crippen LogP contribution is -2.46. The minimum atomic E-state index is 0.186. The predicted molar refractivity (Wildman–Crippen MR) is 55.2 cm³/mol. The second-order valence-electron chi connectivity index (χ2n) is 3.84. The SMILES string of the molecule is CCCN1CCOC(CN(C)C=O)C1. The summed E-state index contributed by atoms with van der Waals surface area (Å²) >= 11 is 0. The van der Waals surface area contributed by atoms with Crippen molar-refractivity contribution in [3.05, 3.63) is 0 Å². The summed E-state index contributed by atoms with van der Waals surface area (Å²) in [7, 11) is 1.79. The Labute approximate surface area is 85.8 Å². The van der Waals surface area contributed by atoms with Gasteiger partial charge in [0.1, 0.15) is 0 Å². The summed E-state index contributed by atoms with van der Waals surface area (Å²) in [5.74, 6) is 0. The van der Waals surface area contributed by atoms with Crippen molar-refractivity contribution >= 4 is 6.41 Å². The Balaban J connectivity index is 2.28. The number of hydrogen-bond donors (Lipinski definition) is 0. The van der Waals surface area contributed by atoms with Crippen molar-refractivity contribution in [2.45, 2.75) is 19.4 Å². The van der Waals surface area contributed by atoms with E-state index in [4.69, 9.17) is 4.74 Å². The highest BCUT2D eigenvalue weighted by molar-refractivity contribution is 5.46. The lowest BCUT2D eigenvalue weighted by Gasteiger charge is -2.33. The normalized spacial score (nSPS) is 23.4. The van der Waals surface area contributed by atoms with E-state index in [1.807, 2.05) is 0 Å². The first-order valence-corrected chi connectivity index (χ1v) is 5.25. The lowest BCUT2D eigenvalue weighted by atomic mass is 10.2. The molecule has 1 unspecified atom stereocenters. The predicted octanol–water partition coefficient (Wildman–Crippen LogP) is 0.185. The molecule has 82 valence electrons. The summed E-state index contributed by atoms with van der Waals surface area (Å²) in [6.45, 7) is 6.77. The van der Waals surface area contributed by atoms with Crippen molar-refractivity contribution in [3.8, 4) is 0 Å². The van der Waals surface area contributed by atoms with Crippen LogP contribution in [-0.4, -0.2) is 62.1 Å². The summed E-state index contributed by atoms with van der Waals surface area (Å²) in [5, 5.41) is 0. The van der Waals surface area contributed by atoms with Gasteiger partial charge in [0.25, 0.3) is 0 Å². The summed E-state index contributed by atoms with van der Waals surface area (Å²) in [6, 6.07) is 0. The van der Waals surface area contributed by atoms with Gasteiger partial charge in [-0.15, -0.1) is 0 Å². The zero-order chi connectivity index (χ0) is 10.4. The van der Waals surface area contributed by atoms with Gasteiger partial charge in [0.15, 0.2) is 0 Å². The van der Waals surface area contributed by atoms with Gasteiger partial charge in [-0.2, -0.15) is 0 Å². The van der Waals surface area contributed by atoms with Crippen LogP contribution in [0.1, 0.15) is 13.3 Å². The quantitative estimate of drug-likeness (QED) is 0.594. The monoisotopic (exact) mass is 200 g/mol. The van der Waals surface area contributed by atoms with Crippen LogP contribution < -0.4 is 0 Å². The Morgan fingerprint density at radius 3 is 3.07 bits per heavy atom. The van der Waals surface area contributed by atoms with E-state index in [0.717, 1.165) is 32.7 Å². The third kappa shape index (κ3) is 3.64. The molecule has 4 heteroatoms. The average Bonchev–Trinajstić information content (AvgIpc) is 2.19. The molecular formula is C10H20N2O2. The van der Waals surface area contributed by atoms with Gasteiger partial charge in [-0.1, -0.05) is 6.92 Å². The van der Waals surface area contributed by atoms with Gasteiger partial charge in [-0.25, -0.2) is 0 Å². The van der Waals surface area contributed by atoms with Gasteiger partial charge < -0.3 is 9.64 Å². The van der Waals surface area contributed by atoms with Crippen molar-refractivity contribution in [2.75, 3.05) is 39.8 Å². The molecular weight excluding hydrogens is 180 g/mol. The van der Waals surface area contributed by atoms with E-state index in [1.54, 1.807) is 11.9 Å². The molecule has 0 aromatic rings. The number of carbonyl (C=O) groups excluding carboxylic acids is 1. The standard InChI is InChI=1S/C10H20N2O2/c1-3-4-12-5-6-14-10(8-12)7-11(2)9-13/h9-10H,3-8H2,1-2H3. The summed E-state index contributed by atoms with van der Waals surface area (Å²) in [6.07, 6.45) is 2.21. The number of rotatable bonds is 5. The molecule has 1 amide bonds. The maximum Gasteiger partial charge on any atom is 0.209 e. The smallest absolute Gasteiger partial charge is 0.209 e. The molecule has 14 heavy (non-hydrogen) atoms. The molecule has 0 aromatic heterocycles. The molecule has 4 nitrogen and oxygen atoms in total. The first-order chi connectivity index (χ1) is 6.76. The number of nitrogens with zero attached hydrogens (tertiary/aromatic N) is 2. The van der Waals surface area contributed by atoms with E-state index >= 15 is 0 Å². The van der Waals surface area contributed by atoms with Crippen molar-refractivity contribution in [1.29, 1.82) is 0 Å². The van der Waals surface area contributed by atoms with Crippen LogP contribution in [0.25, 0.3) is 0 Å². The summed E-state index contributed by atoms with van der Waals surface area (Å²) in [4.78, 5) is 14.5. The number of ether oxygens (including phenoxy) is 1. The molecule has 1 heterocycles. The van der Waals surface area contributed by atoms with Gasteiger partial charge in [0.2, 0.25) is 6.41 Å². The zero-order valence-corrected chi connectivity index (χ0v) is 9.11. The maximum absolute atomic E-state index is 10.4. The highest BCUT2D eigenvalue weighted by Crippen LogP contribution is 2.06. The fraction of sp³-hybridized carbons (Fsp3) is 0.900. The molecule has 1 fully saturated rings. The average molecular weight is 200 g/mol. The summed E-state index contributed by atoms with van der Waals surface area (Å²) < 4.78 is 5.58. The van der Waals surface area contributed by atoms with Gasteiger partial charge in [0.05, 0.1) is 12.7 Å². The molecule has 0 bridgehead atoms. The first-order valence-electron chi connectivity index (χ1n) is 5.25. The third-order valence-electron chi connectivity index (χ3n) is 2.43. The van der Waals surface area contributed by atoms with Crippen LogP contribution in [0.4, 0.5) is 0 Å². The van der Waals surface area contributed by atoms with Crippen LogP contribution >= 0.6 is 0 Å². The Morgan fingerprint density at radius 2 is 2.43 bits per heavy atom. The Kier molecular flexibility index (Phi) is 4.90. The molecule has 0 saturated carbocycles. The van der Waals surface area contributed by atoms with Crippen LogP contribution in [0.5, 0.6) is 0 Å². The van der Waals surface area contributed by atoms with Crippen LogP contribution in [0.3, 0.4) is 0 Å². The second-order valence-corrected chi connectivity index (χ2v) is 3.84. The topological polar surface area (TPSA) is 32.8 Å². The van der Waals surface area contributed by atoms with Crippen molar-refractivity contribution in [1.82, 2.24) is 9.80 Å². The minimum absolute atomic E-state index is 0.186. The van der Waals surface area contributed by atoms with Gasteiger partial charge in [-0.3, -0.25) is 9.69 Å². The third-order valence-corrected chi connectivity index (χ3v) is 2.43. The molecule has 1 rings (SSSR count). The lowest BCUT2D eigenvalue weighted by molar-refractivity contribution is -0.120. The highest BCUT2D eigenvalue weighted by atomic mass is 16.5. The highest BCUT2D eigenvalue weighted by Gasteiger charge is 2.20. The van der Waals surface area contributed by atoms with E-state index < -0.39 is 0 Å². The van der Waals surface area contributed by atoms with Gasteiger partial charge in [0, 0.05) is 26.7 Å². The fourth-order valence-electron chi connectivity index (χ4n) is 1.77. The number of amides is 1. The van der Waals surface area contributed by atoms with Crippen LogP contribution in [-0.2, 0) is 9.53 Å². The Hall–Kier alpha value is -0.610. The van der Waals surface area contributed by atoms with Crippen LogP contribution in [0, 0.1) is 0 Å². The van der Waals surface area contributed by atoms with Crippen LogP contribution in [0.15, 0.2) is 0 Å². The molecule has 1 saturated heterocycles. The van der Waals surface area contributed by atoms with E-state index in [1.165, 1.54) is 6.42 Å². The number of likely N-dealkylation sites (N-methyl/N-ethyl adjacent to an activating group) is 1. The number of hydrogen-bond acceptors (Lipinski definition) is 3. The van der Waals surface area contributed by atoms with Gasteiger partial charge in [-0.05, 0) is 13.0 Å². The number of carbonyl (C=O) groups is 1. The fourth-order valence-corrected chi connectivity index (χ4v) is 1.77. The zero-order valence-electron chi connectivity index (χ0n) is 9.11. The summed E-state index contributed by atoms with van der Waals surface area (Å²) in [5.41, 5.74) is 0. The van der Waals surface area contributed by atoms with E-state index in [0.29, 0.717) is 6.54 Å². The Bertz CT molecular complexity index is 174. The van der Waals surface area contributed by atoms with Crippen LogP contribution in [0.2, 0.25) is 0 Å². The van der Waals surface area contributed by atoms with Gasteiger partial charge >= 0.3 is 0 Å². The maximum atomic E-state index is 10.4.